The fraction of sp³-hybridized carbons (Fsp3) is 0.800. The smallest absolute Gasteiger partial charge is 0.319 e. The molecule has 0 amide bonds. The van der Waals surface area contributed by atoms with Crippen molar-refractivity contribution in [1.29, 1.82) is 0 Å². The van der Waals surface area contributed by atoms with E-state index in [0.717, 1.165) is 0 Å². The number of carbonyl (C=O) groups is 1. The Morgan fingerprint density at radius 3 is 2.70 bits per heavy atom. The molecule has 60 valence electrons. The Morgan fingerprint density at radius 1 is 1.70 bits per heavy atom. The van der Waals surface area contributed by atoms with Gasteiger partial charge in [-0.25, -0.2) is 0 Å². The molecule has 4 N–H and O–H groups in total. The molecule has 0 aliphatic heterocycles. The third-order valence-electron chi connectivity index (χ3n) is 0.814. The summed E-state index contributed by atoms with van der Waals surface area (Å²) >= 11 is 0. The first-order valence-electron chi connectivity index (χ1n) is 2.85. The van der Waals surface area contributed by atoms with Gasteiger partial charge in [-0.3, -0.25) is 4.79 Å². The van der Waals surface area contributed by atoms with E-state index in [-0.39, 0.29) is 13.2 Å². The van der Waals surface area contributed by atoms with Gasteiger partial charge in [-0.1, -0.05) is 0 Å². The molecule has 0 radical (unpaired) electrons. The minimum atomic E-state index is -1.00. The van der Waals surface area contributed by atoms with Gasteiger partial charge in [-0.05, 0) is 0 Å². The lowest BCUT2D eigenvalue weighted by Crippen LogP contribution is -2.25. The highest BCUT2D eigenvalue weighted by Gasteiger charge is 2.04. The molecule has 0 aliphatic carbocycles. The number of aliphatic hydroxyl groups excluding tert-OH is 2. The van der Waals surface area contributed by atoms with Gasteiger partial charge in [0.1, 0.15) is 12.7 Å². The standard InChI is InChI=1S/C5H11NO4/c6-1-5(9)10-3-4(8)2-7/h4,7-8H,1-3,6H2. The van der Waals surface area contributed by atoms with Gasteiger partial charge < -0.3 is 20.7 Å². The van der Waals surface area contributed by atoms with E-state index in [2.05, 4.69) is 4.74 Å². The van der Waals surface area contributed by atoms with E-state index in [1.165, 1.54) is 0 Å². The Kier molecular flexibility index (Phi) is 4.82. The van der Waals surface area contributed by atoms with Gasteiger partial charge in [0, 0.05) is 0 Å². The summed E-state index contributed by atoms with van der Waals surface area (Å²) in [7, 11) is 0. The quantitative estimate of drug-likeness (QED) is 0.396. The Labute approximate surface area is 58.4 Å². The van der Waals surface area contributed by atoms with Crippen LogP contribution in [0.3, 0.4) is 0 Å². The highest BCUT2D eigenvalue weighted by atomic mass is 16.5. The number of hydrogen-bond donors (Lipinski definition) is 3. The van der Waals surface area contributed by atoms with Gasteiger partial charge in [0.15, 0.2) is 0 Å². The first-order valence-corrected chi connectivity index (χ1v) is 2.85. The predicted octanol–water partition coefficient (Wildman–Crippen LogP) is -2.16. The Balaban J connectivity index is 3.26. The van der Waals surface area contributed by atoms with Gasteiger partial charge in [0.25, 0.3) is 0 Å². The van der Waals surface area contributed by atoms with Crippen molar-refractivity contribution in [3.63, 3.8) is 0 Å². The van der Waals surface area contributed by atoms with Crippen LogP contribution >= 0.6 is 0 Å². The Bertz CT molecular complexity index is 106. The molecule has 0 aromatic heterocycles. The third-order valence-corrected chi connectivity index (χ3v) is 0.814. The minimum Gasteiger partial charge on any atom is -0.462 e. The number of ether oxygens (including phenoxy) is 1. The molecule has 0 aliphatic rings. The van der Waals surface area contributed by atoms with Crippen molar-refractivity contribution in [1.82, 2.24) is 0 Å². The molecule has 0 rings (SSSR count). The molecular formula is C5H11NO4. The number of carbonyl (C=O) groups excluding carboxylic acids is 1. The topological polar surface area (TPSA) is 92.8 Å². The van der Waals surface area contributed by atoms with Crippen LogP contribution in [0.15, 0.2) is 0 Å². The SMILES string of the molecule is NCC(=O)OCC(O)CO. The number of hydrogen-bond acceptors (Lipinski definition) is 5. The van der Waals surface area contributed by atoms with Crippen molar-refractivity contribution >= 4 is 5.97 Å². The number of aliphatic hydroxyl groups is 2. The van der Waals surface area contributed by atoms with Crippen molar-refractivity contribution in [3.05, 3.63) is 0 Å². The fourth-order valence-electron chi connectivity index (χ4n) is 0.301. The molecule has 0 heterocycles. The van der Waals surface area contributed by atoms with Crippen molar-refractivity contribution in [2.75, 3.05) is 19.8 Å². The zero-order valence-electron chi connectivity index (χ0n) is 5.49. The molecule has 0 bridgehead atoms. The van der Waals surface area contributed by atoms with E-state index in [0.29, 0.717) is 0 Å². The molecular weight excluding hydrogens is 138 g/mol. The summed E-state index contributed by atoms with van der Waals surface area (Å²) in [6.45, 7) is -0.831. The van der Waals surface area contributed by atoms with Crippen LogP contribution in [0.4, 0.5) is 0 Å². The Morgan fingerprint density at radius 2 is 2.30 bits per heavy atom. The molecule has 1 unspecified atom stereocenters. The van der Waals surface area contributed by atoms with Gasteiger partial charge in [-0.15, -0.1) is 0 Å². The van der Waals surface area contributed by atoms with Gasteiger partial charge in [0.05, 0.1) is 13.2 Å². The average molecular weight is 149 g/mol. The molecule has 5 heteroatoms. The van der Waals surface area contributed by atoms with Gasteiger partial charge >= 0.3 is 5.97 Å². The van der Waals surface area contributed by atoms with Crippen LogP contribution in [0.1, 0.15) is 0 Å². The summed E-state index contributed by atoms with van der Waals surface area (Å²) in [6.07, 6.45) is -1.00. The monoisotopic (exact) mass is 149 g/mol. The lowest BCUT2D eigenvalue weighted by molar-refractivity contribution is -0.145. The maximum Gasteiger partial charge on any atom is 0.319 e. The first kappa shape index (κ1) is 9.35. The van der Waals surface area contributed by atoms with E-state index in [1.54, 1.807) is 0 Å². The molecule has 0 aromatic rings. The van der Waals surface area contributed by atoms with E-state index in [9.17, 15) is 4.79 Å². The zero-order valence-corrected chi connectivity index (χ0v) is 5.49. The molecule has 0 spiro atoms. The maximum absolute atomic E-state index is 10.3. The van der Waals surface area contributed by atoms with Crippen LogP contribution in [0.2, 0.25) is 0 Å². The van der Waals surface area contributed by atoms with E-state index >= 15 is 0 Å². The second-order valence-electron chi connectivity index (χ2n) is 1.72. The van der Waals surface area contributed by atoms with Gasteiger partial charge in [-0.2, -0.15) is 0 Å². The lowest BCUT2D eigenvalue weighted by atomic mass is 10.4. The summed E-state index contributed by atoms with van der Waals surface area (Å²) in [4.78, 5) is 10.3. The summed E-state index contributed by atoms with van der Waals surface area (Å²) in [5, 5.41) is 16.9. The molecule has 5 nitrogen and oxygen atoms in total. The van der Waals surface area contributed by atoms with Crippen LogP contribution in [0.5, 0.6) is 0 Å². The first-order chi connectivity index (χ1) is 4.70. The molecule has 0 aromatic carbocycles. The lowest BCUT2D eigenvalue weighted by Gasteiger charge is -2.06. The molecule has 10 heavy (non-hydrogen) atoms. The number of nitrogens with two attached hydrogens (primary N) is 1. The number of rotatable bonds is 4. The van der Waals surface area contributed by atoms with Gasteiger partial charge in [0.2, 0.25) is 0 Å². The van der Waals surface area contributed by atoms with E-state index in [4.69, 9.17) is 15.9 Å². The predicted molar refractivity (Wildman–Crippen MR) is 33.1 cm³/mol. The van der Waals surface area contributed by atoms with Crippen LogP contribution in [-0.2, 0) is 9.53 Å². The van der Waals surface area contributed by atoms with Crippen molar-refractivity contribution in [3.8, 4) is 0 Å². The average Bonchev–Trinajstić information content (AvgIpc) is 1.99. The molecule has 0 saturated carbocycles. The summed E-state index contributed by atoms with van der Waals surface area (Å²) in [5.74, 6) is -0.590. The summed E-state index contributed by atoms with van der Waals surface area (Å²) in [5.41, 5.74) is 4.88. The van der Waals surface area contributed by atoms with E-state index in [1.807, 2.05) is 0 Å². The third kappa shape index (κ3) is 4.25. The van der Waals surface area contributed by atoms with Crippen LogP contribution in [0, 0.1) is 0 Å². The Hall–Kier alpha value is -0.650. The van der Waals surface area contributed by atoms with Crippen molar-refractivity contribution < 1.29 is 19.7 Å². The molecule has 0 fully saturated rings. The second-order valence-corrected chi connectivity index (χ2v) is 1.72. The van der Waals surface area contributed by atoms with E-state index < -0.39 is 18.7 Å². The number of esters is 1. The highest BCUT2D eigenvalue weighted by Crippen LogP contribution is 1.83. The van der Waals surface area contributed by atoms with Crippen molar-refractivity contribution in [2.45, 2.75) is 6.10 Å². The highest BCUT2D eigenvalue weighted by molar-refractivity contribution is 5.71. The fourth-order valence-corrected chi connectivity index (χ4v) is 0.301. The van der Waals surface area contributed by atoms with Crippen LogP contribution < -0.4 is 5.73 Å². The second kappa shape index (κ2) is 5.16. The zero-order chi connectivity index (χ0) is 7.98. The summed E-state index contributed by atoms with van der Waals surface area (Å²) < 4.78 is 4.37. The van der Waals surface area contributed by atoms with Crippen molar-refractivity contribution in [2.24, 2.45) is 5.73 Å². The van der Waals surface area contributed by atoms with Crippen LogP contribution in [0.25, 0.3) is 0 Å². The normalized spacial score (nSPS) is 12.7. The molecule has 1 atom stereocenters. The van der Waals surface area contributed by atoms with Crippen LogP contribution in [-0.4, -0.2) is 42.0 Å². The summed E-state index contributed by atoms with van der Waals surface area (Å²) in [6, 6.07) is 0. The maximum atomic E-state index is 10.3. The molecule has 0 saturated heterocycles. The largest absolute Gasteiger partial charge is 0.462 e. The minimum absolute atomic E-state index is 0.202.